The molecular formula is C15H17N3O. The van der Waals surface area contributed by atoms with Crippen molar-refractivity contribution in [3.63, 3.8) is 0 Å². The summed E-state index contributed by atoms with van der Waals surface area (Å²) in [5, 5.41) is 15.2. The third kappa shape index (κ3) is 3.74. The summed E-state index contributed by atoms with van der Waals surface area (Å²) in [6, 6.07) is 19.8. The maximum atomic E-state index is 8.73. The van der Waals surface area contributed by atoms with Gasteiger partial charge in [0.25, 0.3) is 0 Å². The highest BCUT2D eigenvalue weighted by Crippen LogP contribution is 2.22. The quantitative estimate of drug-likeness (QED) is 0.333. The van der Waals surface area contributed by atoms with Gasteiger partial charge in [0.1, 0.15) is 5.84 Å². The van der Waals surface area contributed by atoms with Gasteiger partial charge < -0.3 is 16.3 Å². The summed E-state index contributed by atoms with van der Waals surface area (Å²) >= 11 is 0. The number of nitrogens with two attached hydrogens (primary N) is 1. The molecule has 2 rings (SSSR count). The normalized spacial score (nSPS) is 12.9. The predicted octanol–water partition coefficient (Wildman–Crippen LogP) is 2.98. The first-order chi connectivity index (χ1) is 9.29. The average molecular weight is 255 g/mol. The number of oxime groups is 1. The molecule has 0 heterocycles. The summed E-state index contributed by atoms with van der Waals surface area (Å²) in [4.78, 5) is 0. The van der Waals surface area contributed by atoms with E-state index >= 15 is 0 Å². The van der Waals surface area contributed by atoms with E-state index in [0.717, 1.165) is 11.3 Å². The Bertz CT molecular complexity index is 526. The zero-order valence-electron chi connectivity index (χ0n) is 10.5. The van der Waals surface area contributed by atoms with Gasteiger partial charge in [0.15, 0.2) is 0 Å². The number of hydrogen-bond donors (Lipinski definition) is 3. The second kappa shape index (κ2) is 6.44. The molecule has 0 aliphatic rings. The first kappa shape index (κ1) is 13.0. The van der Waals surface area contributed by atoms with Crippen LogP contribution in [-0.4, -0.2) is 11.0 Å². The van der Waals surface area contributed by atoms with E-state index < -0.39 is 0 Å². The first-order valence-corrected chi connectivity index (χ1v) is 6.12. The summed E-state index contributed by atoms with van der Waals surface area (Å²) in [5.41, 5.74) is 7.72. The van der Waals surface area contributed by atoms with Gasteiger partial charge in [0.05, 0.1) is 6.04 Å². The van der Waals surface area contributed by atoms with Crippen molar-refractivity contribution in [1.29, 1.82) is 0 Å². The Labute approximate surface area is 112 Å². The molecule has 2 aromatic carbocycles. The molecule has 1 atom stereocenters. The number of rotatable bonds is 5. The van der Waals surface area contributed by atoms with E-state index in [1.54, 1.807) is 0 Å². The summed E-state index contributed by atoms with van der Waals surface area (Å²) in [5.74, 6) is 0.206. The Morgan fingerprint density at radius 2 is 1.63 bits per heavy atom. The minimum Gasteiger partial charge on any atom is -0.409 e. The highest BCUT2D eigenvalue weighted by molar-refractivity contribution is 5.80. The first-order valence-electron chi connectivity index (χ1n) is 6.12. The predicted molar refractivity (Wildman–Crippen MR) is 77.3 cm³/mol. The summed E-state index contributed by atoms with van der Waals surface area (Å²) < 4.78 is 0. The van der Waals surface area contributed by atoms with Gasteiger partial charge in [-0.3, -0.25) is 0 Å². The fourth-order valence-corrected chi connectivity index (χ4v) is 1.92. The molecule has 1 unspecified atom stereocenters. The molecule has 4 nitrogen and oxygen atoms in total. The lowest BCUT2D eigenvalue weighted by Crippen LogP contribution is -2.21. The largest absolute Gasteiger partial charge is 0.409 e. The zero-order chi connectivity index (χ0) is 13.5. The maximum Gasteiger partial charge on any atom is 0.141 e. The van der Waals surface area contributed by atoms with Crippen molar-refractivity contribution in [2.24, 2.45) is 10.9 Å². The Morgan fingerprint density at radius 3 is 2.21 bits per heavy atom. The average Bonchev–Trinajstić information content (AvgIpc) is 2.48. The van der Waals surface area contributed by atoms with Crippen molar-refractivity contribution in [3.8, 4) is 0 Å². The standard InChI is InChI=1S/C15H17N3O/c16-15(18-19)11-14(12-7-3-1-4-8-12)17-13-9-5-2-6-10-13/h1-10,14,17,19H,11H2,(H2,16,18). The molecule has 0 aliphatic heterocycles. The van der Waals surface area contributed by atoms with E-state index in [0.29, 0.717) is 6.42 Å². The Kier molecular flexibility index (Phi) is 4.39. The molecular weight excluding hydrogens is 238 g/mol. The van der Waals surface area contributed by atoms with Gasteiger partial charge >= 0.3 is 0 Å². The van der Waals surface area contributed by atoms with E-state index in [4.69, 9.17) is 10.9 Å². The Hall–Kier alpha value is -2.49. The van der Waals surface area contributed by atoms with Crippen LogP contribution in [0.25, 0.3) is 0 Å². The molecule has 0 aromatic heterocycles. The molecule has 0 fully saturated rings. The van der Waals surface area contributed by atoms with E-state index in [1.807, 2.05) is 60.7 Å². The SMILES string of the molecule is NC(CC(Nc1ccccc1)c1ccccc1)=NO. The number of nitrogens with one attached hydrogen (secondary N) is 1. The van der Waals surface area contributed by atoms with Gasteiger partial charge in [-0.25, -0.2) is 0 Å². The molecule has 0 amide bonds. The molecule has 0 radical (unpaired) electrons. The number of anilines is 1. The van der Waals surface area contributed by atoms with E-state index in [-0.39, 0.29) is 11.9 Å². The summed E-state index contributed by atoms with van der Waals surface area (Å²) in [7, 11) is 0. The highest BCUT2D eigenvalue weighted by Gasteiger charge is 2.13. The smallest absolute Gasteiger partial charge is 0.141 e. The van der Waals surface area contributed by atoms with Gasteiger partial charge in [-0.05, 0) is 17.7 Å². The van der Waals surface area contributed by atoms with E-state index in [1.165, 1.54) is 0 Å². The summed E-state index contributed by atoms with van der Waals surface area (Å²) in [6.45, 7) is 0. The fourth-order valence-electron chi connectivity index (χ4n) is 1.92. The molecule has 0 saturated heterocycles. The van der Waals surface area contributed by atoms with Crippen molar-refractivity contribution in [2.75, 3.05) is 5.32 Å². The van der Waals surface area contributed by atoms with Crippen molar-refractivity contribution < 1.29 is 5.21 Å². The van der Waals surface area contributed by atoms with E-state index in [2.05, 4.69) is 10.5 Å². The molecule has 4 heteroatoms. The maximum absolute atomic E-state index is 8.73. The molecule has 0 aliphatic carbocycles. The minimum atomic E-state index is -0.0282. The second-order valence-corrected chi connectivity index (χ2v) is 4.27. The topological polar surface area (TPSA) is 70.6 Å². The van der Waals surface area contributed by atoms with Crippen molar-refractivity contribution in [2.45, 2.75) is 12.5 Å². The number of nitrogens with zero attached hydrogens (tertiary/aromatic N) is 1. The number of amidine groups is 1. The van der Waals surface area contributed by atoms with Crippen LogP contribution in [0.5, 0.6) is 0 Å². The minimum absolute atomic E-state index is 0.0282. The Morgan fingerprint density at radius 1 is 1.05 bits per heavy atom. The molecule has 0 bridgehead atoms. The molecule has 19 heavy (non-hydrogen) atoms. The fraction of sp³-hybridized carbons (Fsp3) is 0.133. The van der Waals surface area contributed by atoms with Gasteiger partial charge in [-0.15, -0.1) is 0 Å². The molecule has 98 valence electrons. The second-order valence-electron chi connectivity index (χ2n) is 4.27. The van der Waals surface area contributed by atoms with Gasteiger partial charge in [0.2, 0.25) is 0 Å². The molecule has 0 spiro atoms. The number of hydrogen-bond acceptors (Lipinski definition) is 3. The van der Waals surface area contributed by atoms with Gasteiger partial charge in [-0.1, -0.05) is 53.7 Å². The van der Waals surface area contributed by atoms with Crippen molar-refractivity contribution in [1.82, 2.24) is 0 Å². The zero-order valence-corrected chi connectivity index (χ0v) is 10.5. The van der Waals surface area contributed by atoms with Gasteiger partial charge in [-0.2, -0.15) is 0 Å². The number of para-hydroxylation sites is 1. The lowest BCUT2D eigenvalue weighted by Gasteiger charge is -2.19. The third-order valence-electron chi connectivity index (χ3n) is 2.86. The lowest BCUT2D eigenvalue weighted by atomic mass is 10.0. The third-order valence-corrected chi connectivity index (χ3v) is 2.86. The molecule has 2 aromatic rings. The van der Waals surface area contributed by atoms with Crippen LogP contribution in [0.3, 0.4) is 0 Å². The van der Waals surface area contributed by atoms with Crippen LogP contribution in [0.2, 0.25) is 0 Å². The Balaban J connectivity index is 2.20. The van der Waals surface area contributed by atoms with Gasteiger partial charge in [0, 0.05) is 12.1 Å². The lowest BCUT2D eigenvalue weighted by molar-refractivity contribution is 0.316. The van der Waals surface area contributed by atoms with Crippen LogP contribution in [0, 0.1) is 0 Å². The van der Waals surface area contributed by atoms with Crippen LogP contribution in [-0.2, 0) is 0 Å². The number of benzene rings is 2. The highest BCUT2D eigenvalue weighted by atomic mass is 16.4. The van der Waals surface area contributed by atoms with Crippen molar-refractivity contribution in [3.05, 3.63) is 66.2 Å². The monoisotopic (exact) mass is 255 g/mol. The van der Waals surface area contributed by atoms with Crippen LogP contribution < -0.4 is 11.1 Å². The van der Waals surface area contributed by atoms with Crippen LogP contribution in [0.4, 0.5) is 5.69 Å². The van der Waals surface area contributed by atoms with Crippen LogP contribution in [0.15, 0.2) is 65.8 Å². The molecule has 0 saturated carbocycles. The van der Waals surface area contributed by atoms with Crippen LogP contribution >= 0.6 is 0 Å². The van der Waals surface area contributed by atoms with Crippen molar-refractivity contribution >= 4 is 11.5 Å². The van der Waals surface area contributed by atoms with Crippen LogP contribution in [0.1, 0.15) is 18.0 Å². The van der Waals surface area contributed by atoms with E-state index in [9.17, 15) is 0 Å². The molecule has 4 N–H and O–H groups in total. The summed E-state index contributed by atoms with van der Waals surface area (Å²) in [6.07, 6.45) is 0.440.